The van der Waals surface area contributed by atoms with Crippen LogP contribution in [0.25, 0.3) is 0 Å². The fourth-order valence-electron chi connectivity index (χ4n) is 3.19. The Morgan fingerprint density at radius 2 is 1.86 bits per heavy atom. The number of carbonyl (C=O) groups is 2. The molecule has 8 heteroatoms. The van der Waals surface area contributed by atoms with Crippen molar-refractivity contribution in [1.29, 1.82) is 5.26 Å². The van der Waals surface area contributed by atoms with Crippen LogP contribution in [-0.4, -0.2) is 59.4 Å². The Morgan fingerprint density at radius 3 is 2.50 bits per heavy atom. The third-order valence-electron chi connectivity index (χ3n) is 4.68. The molecule has 28 heavy (non-hydrogen) atoms. The second kappa shape index (κ2) is 8.95. The van der Waals surface area contributed by atoms with Crippen molar-refractivity contribution in [3.8, 4) is 6.07 Å². The highest BCUT2D eigenvalue weighted by atomic mass is 16.2. The summed E-state index contributed by atoms with van der Waals surface area (Å²) in [5, 5.41) is 9.05. The van der Waals surface area contributed by atoms with Gasteiger partial charge in [0.25, 0.3) is 0 Å². The zero-order valence-electron chi connectivity index (χ0n) is 15.8. The molecule has 1 aliphatic rings. The number of benzene rings is 1. The third kappa shape index (κ3) is 4.62. The van der Waals surface area contributed by atoms with Crippen molar-refractivity contribution in [2.24, 2.45) is 0 Å². The molecule has 0 saturated carbocycles. The Morgan fingerprint density at radius 1 is 1.14 bits per heavy atom. The highest BCUT2D eigenvalue weighted by molar-refractivity contribution is 5.92. The van der Waals surface area contributed by atoms with Crippen LogP contribution >= 0.6 is 0 Å². The van der Waals surface area contributed by atoms with Gasteiger partial charge in [-0.25, -0.2) is 9.97 Å². The minimum Gasteiger partial charge on any atom is -0.339 e. The summed E-state index contributed by atoms with van der Waals surface area (Å²) in [6, 6.07) is 10.7. The maximum atomic E-state index is 12.6. The quantitative estimate of drug-likeness (QED) is 0.782. The van der Waals surface area contributed by atoms with E-state index < -0.39 is 0 Å². The molecule has 8 nitrogen and oxygen atoms in total. The average molecular weight is 378 g/mol. The van der Waals surface area contributed by atoms with E-state index in [0.29, 0.717) is 43.4 Å². The van der Waals surface area contributed by atoms with Crippen LogP contribution in [0.1, 0.15) is 18.9 Å². The maximum Gasteiger partial charge on any atom is 0.225 e. The summed E-state index contributed by atoms with van der Waals surface area (Å²) in [6.45, 7) is 4.29. The summed E-state index contributed by atoms with van der Waals surface area (Å²) >= 11 is 0. The number of carbonyl (C=O) groups excluding carboxylic acids is 2. The van der Waals surface area contributed by atoms with Gasteiger partial charge >= 0.3 is 0 Å². The number of nitrogens with zero attached hydrogens (tertiary/aromatic N) is 6. The van der Waals surface area contributed by atoms with Gasteiger partial charge in [0.2, 0.25) is 17.8 Å². The molecule has 1 aromatic heterocycles. The van der Waals surface area contributed by atoms with Crippen molar-refractivity contribution in [2.45, 2.75) is 13.3 Å². The van der Waals surface area contributed by atoms with Crippen LogP contribution in [0.5, 0.6) is 0 Å². The van der Waals surface area contributed by atoms with Gasteiger partial charge < -0.3 is 14.7 Å². The monoisotopic (exact) mass is 378 g/mol. The fourth-order valence-corrected chi connectivity index (χ4v) is 3.19. The standard InChI is InChI=1S/C20H22N6O2/c1-16(27)26(18-5-2-4-17(14-18)15-21)9-6-19(28)24-10-12-25(13-11-24)20-22-7-3-8-23-20/h2-5,7-8,14H,6,9-13H2,1H3. The van der Waals surface area contributed by atoms with Crippen molar-refractivity contribution in [1.82, 2.24) is 14.9 Å². The molecule has 0 N–H and O–H groups in total. The van der Waals surface area contributed by atoms with Crippen molar-refractivity contribution in [3.05, 3.63) is 48.3 Å². The predicted octanol–water partition coefficient (Wildman–Crippen LogP) is 1.44. The molecule has 0 unspecified atom stereocenters. The molecule has 2 heterocycles. The zero-order chi connectivity index (χ0) is 19.9. The molecule has 2 amide bonds. The number of aromatic nitrogens is 2. The lowest BCUT2D eigenvalue weighted by Gasteiger charge is -2.35. The number of anilines is 2. The summed E-state index contributed by atoms with van der Waals surface area (Å²) in [7, 11) is 0. The van der Waals surface area contributed by atoms with E-state index in [2.05, 4.69) is 20.9 Å². The smallest absolute Gasteiger partial charge is 0.225 e. The normalized spacial score (nSPS) is 13.7. The Hall–Kier alpha value is -3.47. The van der Waals surface area contributed by atoms with Gasteiger partial charge in [0.05, 0.1) is 11.6 Å². The van der Waals surface area contributed by atoms with E-state index in [1.165, 1.54) is 11.8 Å². The maximum absolute atomic E-state index is 12.6. The summed E-state index contributed by atoms with van der Waals surface area (Å²) < 4.78 is 0. The van der Waals surface area contributed by atoms with Gasteiger partial charge in [0.15, 0.2) is 0 Å². The molecule has 144 valence electrons. The van der Waals surface area contributed by atoms with Crippen molar-refractivity contribution in [2.75, 3.05) is 42.5 Å². The number of nitriles is 1. The van der Waals surface area contributed by atoms with Gasteiger partial charge in [-0.2, -0.15) is 5.26 Å². The van der Waals surface area contributed by atoms with Crippen LogP contribution in [0.2, 0.25) is 0 Å². The van der Waals surface area contributed by atoms with Crippen LogP contribution in [-0.2, 0) is 9.59 Å². The highest BCUT2D eigenvalue weighted by Gasteiger charge is 2.23. The first kappa shape index (κ1) is 19.3. The van der Waals surface area contributed by atoms with E-state index in [4.69, 9.17) is 5.26 Å². The Labute approximate surface area is 164 Å². The number of hydrogen-bond acceptors (Lipinski definition) is 6. The van der Waals surface area contributed by atoms with Crippen molar-refractivity contribution in [3.63, 3.8) is 0 Å². The van der Waals surface area contributed by atoms with Gasteiger partial charge in [0.1, 0.15) is 0 Å². The van der Waals surface area contributed by atoms with E-state index >= 15 is 0 Å². The number of amides is 2. The second-order valence-corrected chi connectivity index (χ2v) is 6.50. The highest BCUT2D eigenvalue weighted by Crippen LogP contribution is 2.17. The summed E-state index contributed by atoms with van der Waals surface area (Å²) in [5.74, 6) is 0.528. The van der Waals surface area contributed by atoms with Gasteiger partial charge in [-0.05, 0) is 24.3 Å². The molecule has 1 aromatic carbocycles. The first-order valence-corrected chi connectivity index (χ1v) is 9.16. The van der Waals surface area contributed by atoms with Crippen molar-refractivity contribution < 1.29 is 9.59 Å². The number of hydrogen-bond donors (Lipinski definition) is 0. The molecule has 1 aliphatic heterocycles. The number of piperazine rings is 1. The fraction of sp³-hybridized carbons (Fsp3) is 0.350. The summed E-state index contributed by atoms with van der Waals surface area (Å²) in [4.78, 5) is 38.5. The number of rotatable bonds is 5. The largest absolute Gasteiger partial charge is 0.339 e. The molecule has 0 aliphatic carbocycles. The molecule has 2 aromatic rings. The molecule has 1 fully saturated rings. The van der Waals surface area contributed by atoms with Gasteiger partial charge in [0, 0.05) is 64.1 Å². The van der Waals surface area contributed by atoms with Crippen LogP contribution < -0.4 is 9.80 Å². The van der Waals surface area contributed by atoms with E-state index in [1.807, 2.05) is 4.90 Å². The molecule has 1 saturated heterocycles. The first-order valence-electron chi connectivity index (χ1n) is 9.16. The van der Waals surface area contributed by atoms with Gasteiger partial charge in [-0.1, -0.05) is 6.07 Å². The minimum atomic E-state index is -0.158. The topological polar surface area (TPSA) is 93.4 Å². The minimum absolute atomic E-state index is 0.0105. The van der Waals surface area contributed by atoms with E-state index in [9.17, 15) is 9.59 Å². The molecule has 0 bridgehead atoms. The van der Waals surface area contributed by atoms with E-state index in [0.717, 1.165) is 0 Å². The lowest BCUT2D eigenvalue weighted by molar-refractivity contribution is -0.131. The van der Waals surface area contributed by atoms with Gasteiger partial charge in [-0.3, -0.25) is 9.59 Å². The summed E-state index contributed by atoms with van der Waals surface area (Å²) in [6.07, 6.45) is 3.65. The van der Waals surface area contributed by atoms with Crippen LogP contribution in [0, 0.1) is 11.3 Å². The lowest BCUT2D eigenvalue weighted by Crippen LogP contribution is -2.49. The average Bonchev–Trinajstić information content (AvgIpc) is 2.74. The van der Waals surface area contributed by atoms with E-state index in [-0.39, 0.29) is 24.8 Å². The van der Waals surface area contributed by atoms with Crippen LogP contribution in [0.3, 0.4) is 0 Å². The van der Waals surface area contributed by atoms with Gasteiger partial charge in [-0.15, -0.1) is 0 Å². The molecular weight excluding hydrogens is 356 g/mol. The molecule has 0 atom stereocenters. The van der Waals surface area contributed by atoms with Crippen LogP contribution in [0.4, 0.5) is 11.6 Å². The lowest BCUT2D eigenvalue weighted by atomic mass is 10.2. The molecule has 0 spiro atoms. The van der Waals surface area contributed by atoms with Crippen molar-refractivity contribution >= 4 is 23.5 Å². The zero-order valence-corrected chi connectivity index (χ0v) is 15.8. The third-order valence-corrected chi connectivity index (χ3v) is 4.68. The Balaban J connectivity index is 1.55. The second-order valence-electron chi connectivity index (χ2n) is 6.50. The molecular formula is C20H22N6O2. The predicted molar refractivity (Wildman–Crippen MR) is 105 cm³/mol. The Bertz CT molecular complexity index is 872. The van der Waals surface area contributed by atoms with Crippen LogP contribution in [0.15, 0.2) is 42.7 Å². The SMILES string of the molecule is CC(=O)N(CCC(=O)N1CCN(c2ncccn2)CC1)c1cccc(C#N)c1. The molecule has 0 radical (unpaired) electrons. The summed E-state index contributed by atoms with van der Waals surface area (Å²) in [5.41, 5.74) is 1.11. The molecule has 3 rings (SSSR count). The van der Waals surface area contributed by atoms with E-state index in [1.54, 1.807) is 42.7 Å². The first-order chi connectivity index (χ1) is 13.6. The Kier molecular flexibility index (Phi) is 6.17.